The lowest BCUT2D eigenvalue weighted by molar-refractivity contribution is -0.158. The van der Waals surface area contributed by atoms with Gasteiger partial charge in [0.15, 0.2) is 0 Å². The van der Waals surface area contributed by atoms with E-state index in [1.54, 1.807) is 63.8 Å². The Morgan fingerprint density at radius 3 is 2.53 bits per heavy atom. The summed E-state index contributed by atoms with van der Waals surface area (Å²) < 4.78 is 46.6. The number of aliphatic hydroxyl groups excluding tert-OH is 1. The quantitative estimate of drug-likeness (QED) is 0.0560. The number of amides is 3. The number of nitrogens with zero attached hydrogens (tertiary/aromatic N) is 10. The molecule has 2 fully saturated rings. The third-order valence-electron chi connectivity index (χ3n) is 14.7. The van der Waals surface area contributed by atoms with Crippen LogP contribution < -0.4 is 9.64 Å². The van der Waals surface area contributed by atoms with Crippen molar-refractivity contribution >= 4 is 53.8 Å². The van der Waals surface area contributed by atoms with Crippen molar-refractivity contribution in [1.29, 1.82) is 0 Å². The molecular weight excluding hydrogens is 955 g/mol. The number of ether oxygens (including phenoxy) is 2. The molecule has 3 aromatic heterocycles. The van der Waals surface area contributed by atoms with Crippen LogP contribution in [0.5, 0.6) is 5.75 Å². The molecule has 4 aliphatic rings. The average Bonchev–Trinajstić information content (AvgIpc) is 4.19. The Balaban J connectivity index is 0.841. The molecule has 384 valence electrons. The fourth-order valence-corrected chi connectivity index (χ4v) is 11.6. The number of halogens is 2. The monoisotopic (exact) mass is 1020 g/mol. The smallest absolute Gasteiger partial charge is 0.264 e. The van der Waals surface area contributed by atoms with E-state index in [0.29, 0.717) is 59.1 Å². The Hall–Kier alpha value is -6.61. The summed E-state index contributed by atoms with van der Waals surface area (Å²) in [5, 5.41) is 26.6. The molecule has 7 heterocycles. The van der Waals surface area contributed by atoms with E-state index in [1.165, 1.54) is 11.8 Å². The van der Waals surface area contributed by atoms with Crippen LogP contribution in [0, 0.1) is 0 Å². The molecule has 10 rings (SSSR count). The number of hydrogen-bond donors (Lipinski definition) is 1. The number of aromatic nitrogens is 6. The molecule has 20 heteroatoms. The Kier molecular flexibility index (Phi) is 13.9. The summed E-state index contributed by atoms with van der Waals surface area (Å²) in [6.07, 6.45) is 9.44. The number of carbonyl (C=O) groups is 4. The van der Waals surface area contributed by atoms with Gasteiger partial charge in [0.05, 0.1) is 31.2 Å². The van der Waals surface area contributed by atoms with Crippen molar-refractivity contribution in [2.45, 2.75) is 122 Å². The molecule has 73 heavy (non-hydrogen) atoms. The molecule has 3 aromatic carbocycles. The van der Waals surface area contributed by atoms with Gasteiger partial charge in [0.1, 0.15) is 37.1 Å². The molecule has 0 radical (unpaired) electrons. The maximum atomic E-state index is 14.9. The standard InChI is InChI=1S/C53H62F2N10O7Si/c1-33(66)60-26-36-20-35(22-47(42(36)28-60)62-17-9-10-34-21-40(37-24-56-59(2)25-37)41(51(54)55)23-46(34)62)44-12-6-7-16-63(44)50(68)30-61-27-38(57-58-61)31-72-48-13-8-11-39-43(48)29-64(52(39)69)45-14-15-49(67)65(53(45)70)32-71-18-19-73(3,4)5/h8,11,13,20-28,44-45,50-51,68H,6-7,9-10,12,14-19,29-32H2,1-5H3. The number of piperidine rings is 2. The molecule has 2 saturated heterocycles. The van der Waals surface area contributed by atoms with Gasteiger partial charge < -0.3 is 24.4 Å². The highest BCUT2D eigenvalue weighted by Crippen LogP contribution is 2.45. The highest BCUT2D eigenvalue weighted by Gasteiger charge is 2.44. The van der Waals surface area contributed by atoms with E-state index in [4.69, 9.17) is 9.47 Å². The van der Waals surface area contributed by atoms with Crippen LogP contribution in [-0.2, 0) is 47.5 Å². The van der Waals surface area contributed by atoms with Crippen LogP contribution in [0.2, 0.25) is 25.7 Å². The topological polar surface area (TPSA) is 173 Å². The molecule has 3 unspecified atom stereocenters. The predicted molar refractivity (Wildman–Crippen MR) is 271 cm³/mol. The number of fused-ring (bicyclic) bond motifs is 3. The summed E-state index contributed by atoms with van der Waals surface area (Å²) in [7, 11) is 0.392. The van der Waals surface area contributed by atoms with Gasteiger partial charge in [-0.2, -0.15) is 5.10 Å². The van der Waals surface area contributed by atoms with Crippen LogP contribution in [0.3, 0.4) is 0 Å². The van der Waals surface area contributed by atoms with Crippen LogP contribution in [0.15, 0.2) is 73.4 Å². The lowest BCUT2D eigenvalue weighted by Crippen LogP contribution is -2.55. The Labute approximate surface area is 423 Å². The van der Waals surface area contributed by atoms with Crippen LogP contribution in [0.1, 0.15) is 101 Å². The molecule has 6 aromatic rings. The van der Waals surface area contributed by atoms with Crippen LogP contribution in [0.4, 0.5) is 20.2 Å². The zero-order valence-electron chi connectivity index (χ0n) is 42.0. The maximum Gasteiger partial charge on any atom is 0.264 e. The van der Waals surface area contributed by atoms with E-state index in [-0.39, 0.29) is 68.6 Å². The van der Waals surface area contributed by atoms with Crippen molar-refractivity contribution in [3.05, 3.63) is 107 Å². The number of imide groups is 1. The summed E-state index contributed by atoms with van der Waals surface area (Å²) in [5.41, 5.74) is 6.01. The van der Waals surface area contributed by atoms with Gasteiger partial charge in [-0.1, -0.05) is 37.3 Å². The lowest BCUT2D eigenvalue weighted by atomic mass is 9.91. The number of alkyl halides is 2. The summed E-state index contributed by atoms with van der Waals surface area (Å²) in [5.74, 6) is -0.730. The fraction of sp³-hybridized carbons (Fsp3) is 0.453. The molecule has 4 aliphatic heterocycles. The first-order valence-electron chi connectivity index (χ1n) is 25.2. The van der Waals surface area contributed by atoms with Crippen LogP contribution in [0.25, 0.3) is 21.9 Å². The first kappa shape index (κ1) is 49.9. The number of hydrogen-bond acceptors (Lipinski definition) is 12. The van der Waals surface area contributed by atoms with Gasteiger partial charge in [0, 0.05) is 112 Å². The van der Waals surface area contributed by atoms with Crippen LogP contribution >= 0.6 is 0 Å². The summed E-state index contributed by atoms with van der Waals surface area (Å²) >= 11 is 0. The number of rotatable bonds is 16. The lowest BCUT2D eigenvalue weighted by Gasteiger charge is -2.40. The SMILES string of the molecule is CC(=O)n1cc2cc(C3CCCCN3C(O)Cn3cc(COc4cccc5c4CN(C4CCC(=O)N(COCC[Si](C)(C)C)C4=O)C5=O)nn3)cc(N3CCCc4cc(-c5cnn(C)c5)c(C(F)F)cc43)c2c1. The summed E-state index contributed by atoms with van der Waals surface area (Å²) in [6.45, 7) is 9.99. The van der Waals surface area contributed by atoms with Crippen molar-refractivity contribution in [3.63, 3.8) is 0 Å². The largest absolute Gasteiger partial charge is 0.487 e. The minimum Gasteiger partial charge on any atom is -0.487 e. The van der Waals surface area contributed by atoms with E-state index in [2.05, 4.69) is 57.0 Å². The molecule has 0 saturated carbocycles. The van der Waals surface area contributed by atoms with Gasteiger partial charge in [0.2, 0.25) is 11.8 Å². The first-order valence-corrected chi connectivity index (χ1v) is 28.9. The summed E-state index contributed by atoms with van der Waals surface area (Å²) in [6, 6.07) is 12.8. The third kappa shape index (κ3) is 10.2. The Morgan fingerprint density at radius 1 is 0.932 bits per heavy atom. The van der Waals surface area contributed by atoms with Crippen LogP contribution in [-0.4, -0.2) is 120 Å². The fourth-order valence-electron chi connectivity index (χ4n) is 10.8. The van der Waals surface area contributed by atoms with Gasteiger partial charge in [-0.3, -0.25) is 38.2 Å². The summed E-state index contributed by atoms with van der Waals surface area (Å²) in [4.78, 5) is 59.8. The van der Waals surface area contributed by atoms with Gasteiger partial charge in [-0.15, -0.1) is 5.10 Å². The van der Waals surface area contributed by atoms with E-state index in [0.717, 1.165) is 70.6 Å². The molecule has 0 aliphatic carbocycles. The maximum absolute atomic E-state index is 14.9. The van der Waals surface area contributed by atoms with E-state index < -0.39 is 32.7 Å². The number of carbonyl (C=O) groups excluding carboxylic acids is 4. The minimum atomic E-state index is -2.72. The molecule has 17 nitrogen and oxygen atoms in total. The molecular formula is C53H62F2N10O7Si. The van der Waals surface area contributed by atoms with Crippen molar-refractivity contribution in [2.75, 3.05) is 31.3 Å². The second-order valence-electron chi connectivity index (χ2n) is 21.0. The van der Waals surface area contributed by atoms with Crippen molar-refractivity contribution in [2.24, 2.45) is 7.05 Å². The minimum absolute atomic E-state index is 0.0262. The van der Waals surface area contributed by atoms with Crippen molar-refractivity contribution in [3.8, 4) is 16.9 Å². The Morgan fingerprint density at radius 2 is 1.77 bits per heavy atom. The zero-order valence-corrected chi connectivity index (χ0v) is 43.0. The predicted octanol–water partition coefficient (Wildman–Crippen LogP) is 8.23. The number of likely N-dealkylation sites (tertiary alicyclic amines) is 2. The van der Waals surface area contributed by atoms with Crippen molar-refractivity contribution in [1.82, 2.24) is 44.0 Å². The van der Waals surface area contributed by atoms with E-state index >= 15 is 0 Å². The van der Waals surface area contributed by atoms with E-state index in [9.17, 15) is 33.1 Å². The molecule has 3 amide bonds. The number of aryl methyl sites for hydroxylation is 2. The zero-order chi connectivity index (χ0) is 51.3. The van der Waals surface area contributed by atoms with Gasteiger partial charge in [-0.05, 0) is 91.2 Å². The normalized spacial score (nSPS) is 19.1. The molecule has 0 spiro atoms. The van der Waals surface area contributed by atoms with Crippen molar-refractivity contribution < 1.29 is 42.5 Å². The number of aliphatic hydroxyl groups is 1. The van der Waals surface area contributed by atoms with Gasteiger partial charge >= 0.3 is 0 Å². The second-order valence-corrected chi connectivity index (χ2v) is 26.6. The highest BCUT2D eigenvalue weighted by atomic mass is 28.3. The van der Waals surface area contributed by atoms with E-state index in [1.807, 2.05) is 18.5 Å². The van der Waals surface area contributed by atoms with Gasteiger partial charge in [-0.25, -0.2) is 13.5 Å². The third-order valence-corrected chi connectivity index (χ3v) is 16.4. The highest BCUT2D eigenvalue weighted by molar-refractivity contribution is 6.76. The first-order chi connectivity index (χ1) is 35.0. The molecule has 1 N–H and O–H groups in total. The number of benzene rings is 3. The Bertz CT molecular complexity index is 3090. The second kappa shape index (κ2) is 20.4. The number of anilines is 2. The molecule has 0 bridgehead atoms. The van der Waals surface area contributed by atoms with Gasteiger partial charge in [0.25, 0.3) is 18.2 Å². The average molecular weight is 1020 g/mol. The molecule has 3 atom stereocenters.